The van der Waals surface area contributed by atoms with Crippen molar-refractivity contribution in [3.8, 4) is 0 Å². The van der Waals surface area contributed by atoms with E-state index in [1.165, 1.54) is 0 Å². The summed E-state index contributed by atoms with van der Waals surface area (Å²) in [6, 6.07) is 1.97. The number of amides is 1. The molecule has 0 unspecified atom stereocenters. The van der Waals surface area contributed by atoms with Crippen LogP contribution in [0.25, 0.3) is 6.08 Å². The van der Waals surface area contributed by atoms with Crippen LogP contribution in [0.4, 0.5) is 4.79 Å². The van der Waals surface area contributed by atoms with Gasteiger partial charge < -0.3 is 9.88 Å². The number of nitrogens with zero attached hydrogens (tertiary/aromatic N) is 1. The molecule has 0 radical (unpaired) electrons. The molecule has 0 aliphatic carbocycles. The standard InChI is InChI=1S/C9H8N2OS2/c1-11-3-2-6(5-11)4-7-8(13)10-9(12)14-7/h2-5H,1H3,(H,10,12,13). The summed E-state index contributed by atoms with van der Waals surface area (Å²) in [6.45, 7) is 0. The topological polar surface area (TPSA) is 34.0 Å². The summed E-state index contributed by atoms with van der Waals surface area (Å²) in [7, 11) is 1.95. The SMILES string of the molecule is Cn1ccc(C=C2SC(=O)NC2=S)c1. The quantitative estimate of drug-likeness (QED) is 0.586. The van der Waals surface area contributed by atoms with Crippen molar-refractivity contribution in [2.45, 2.75) is 0 Å². The summed E-state index contributed by atoms with van der Waals surface area (Å²) in [5, 5.41) is 2.47. The van der Waals surface area contributed by atoms with Crippen molar-refractivity contribution < 1.29 is 4.79 Å². The minimum absolute atomic E-state index is 0.0998. The fraction of sp³-hybridized carbons (Fsp3) is 0.111. The van der Waals surface area contributed by atoms with Gasteiger partial charge in [0.2, 0.25) is 0 Å². The first kappa shape index (κ1) is 9.48. The van der Waals surface area contributed by atoms with Crippen LogP contribution in [0.5, 0.6) is 0 Å². The zero-order valence-corrected chi connectivity index (χ0v) is 9.11. The number of aryl methyl sites for hydroxylation is 1. The van der Waals surface area contributed by atoms with Crippen LogP contribution in [0.3, 0.4) is 0 Å². The number of carbonyl (C=O) groups is 1. The Morgan fingerprint density at radius 3 is 2.93 bits per heavy atom. The summed E-state index contributed by atoms with van der Waals surface area (Å²) in [6.07, 6.45) is 5.83. The van der Waals surface area contributed by atoms with Crippen molar-refractivity contribution in [3.63, 3.8) is 0 Å². The second kappa shape index (κ2) is 3.59. The average Bonchev–Trinajstić information content (AvgIpc) is 2.61. The predicted molar refractivity (Wildman–Crippen MR) is 62.1 cm³/mol. The van der Waals surface area contributed by atoms with Gasteiger partial charge in [0.25, 0.3) is 5.24 Å². The molecule has 5 heteroatoms. The van der Waals surface area contributed by atoms with E-state index < -0.39 is 0 Å². The minimum Gasteiger partial charge on any atom is -0.357 e. The monoisotopic (exact) mass is 224 g/mol. The highest BCUT2D eigenvalue weighted by molar-refractivity contribution is 8.19. The minimum atomic E-state index is -0.0998. The maximum atomic E-state index is 11.0. The molecule has 0 aromatic carbocycles. The molecule has 14 heavy (non-hydrogen) atoms. The Balaban J connectivity index is 2.27. The van der Waals surface area contributed by atoms with Gasteiger partial charge in [-0.2, -0.15) is 0 Å². The van der Waals surface area contributed by atoms with E-state index in [1.807, 2.05) is 36.2 Å². The Kier molecular flexibility index (Phi) is 2.43. The van der Waals surface area contributed by atoms with E-state index in [1.54, 1.807) is 0 Å². The number of nitrogens with one attached hydrogen (secondary N) is 1. The zero-order valence-electron chi connectivity index (χ0n) is 7.48. The fourth-order valence-electron chi connectivity index (χ4n) is 1.18. The lowest BCUT2D eigenvalue weighted by atomic mass is 10.3. The van der Waals surface area contributed by atoms with E-state index in [0.29, 0.717) is 4.99 Å². The van der Waals surface area contributed by atoms with Gasteiger partial charge >= 0.3 is 0 Å². The molecule has 1 amide bonds. The molecule has 1 N–H and O–H groups in total. The smallest absolute Gasteiger partial charge is 0.289 e. The zero-order chi connectivity index (χ0) is 10.1. The number of thiocarbonyl (C=S) groups is 1. The molecule has 1 aromatic heterocycles. The Hall–Kier alpha value is -1.07. The van der Waals surface area contributed by atoms with E-state index in [-0.39, 0.29) is 5.24 Å². The van der Waals surface area contributed by atoms with Crippen LogP contribution < -0.4 is 5.32 Å². The Labute approximate surface area is 91.2 Å². The molecule has 72 valence electrons. The van der Waals surface area contributed by atoms with Gasteiger partial charge in [0, 0.05) is 19.4 Å². The third kappa shape index (κ3) is 1.88. The van der Waals surface area contributed by atoms with Crippen molar-refractivity contribution >= 4 is 40.3 Å². The number of hydrogen-bond acceptors (Lipinski definition) is 3. The lowest BCUT2D eigenvalue weighted by molar-refractivity contribution is 0.265. The van der Waals surface area contributed by atoms with Crippen molar-refractivity contribution in [1.82, 2.24) is 9.88 Å². The predicted octanol–water partition coefficient (Wildman–Crippen LogP) is 2.15. The van der Waals surface area contributed by atoms with Crippen LogP contribution in [0.15, 0.2) is 23.4 Å². The van der Waals surface area contributed by atoms with Gasteiger partial charge in [0.05, 0.1) is 4.91 Å². The Morgan fingerprint density at radius 1 is 1.64 bits per heavy atom. The van der Waals surface area contributed by atoms with Gasteiger partial charge in [0.15, 0.2) is 0 Å². The molecule has 0 atom stereocenters. The van der Waals surface area contributed by atoms with Crippen molar-refractivity contribution in [3.05, 3.63) is 28.9 Å². The van der Waals surface area contributed by atoms with Gasteiger partial charge in [-0.05, 0) is 29.5 Å². The van der Waals surface area contributed by atoms with Crippen LogP contribution in [0.1, 0.15) is 5.56 Å². The summed E-state index contributed by atoms with van der Waals surface area (Å²) < 4.78 is 1.95. The van der Waals surface area contributed by atoms with Gasteiger partial charge in [-0.1, -0.05) is 12.2 Å². The average molecular weight is 224 g/mol. The van der Waals surface area contributed by atoms with Crippen molar-refractivity contribution in [1.29, 1.82) is 0 Å². The molecular formula is C9H8N2OS2. The number of carbonyl (C=O) groups excluding carboxylic acids is 1. The molecule has 1 aromatic rings. The molecule has 1 aliphatic rings. The molecule has 3 nitrogen and oxygen atoms in total. The highest BCUT2D eigenvalue weighted by Crippen LogP contribution is 2.26. The first-order valence-electron chi connectivity index (χ1n) is 4.02. The molecule has 1 saturated heterocycles. The molecular weight excluding hydrogens is 216 g/mol. The third-order valence-corrected chi connectivity index (χ3v) is 3.08. The fourth-order valence-corrected chi connectivity index (χ4v) is 2.22. The second-order valence-corrected chi connectivity index (χ2v) is 4.39. The molecule has 1 fully saturated rings. The normalized spacial score (nSPS) is 19.1. The van der Waals surface area contributed by atoms with E-state index in [9.17, 15) is 4.79 Å². The summed E-state index contributed by atoms with van der Waals surface area (Å²) in [5.74, 6) is 0. The highest BCUT2D eigenvalue weighted by atomic mass is 32.2. The van der Waals surface area contributed by atoms with Crippen molar-refractivity contribution in [2.24, 2.45) is 7.05 Å². The Bertz CT molecular complexity index is 434. The van der Waals surface area contributed by atoms with E-state index in [2.05, 4.69) is 5.32 Å². The van der Waals surface area contributed by atoms with Crippen molar-refractivity contribution in [2.75, 3.05) is 0 Å². The van der Waals surface area contributed by atoms with Gasteiger partial charge in [-0.3, -0.25) is 4.79 Å². The maximum absolute atomic E-state index is 11.0. The van der Waals surface area contributed by atoms with Crippen LogP contribution >= 0.6 is 24.0 Å². The first-order chi connectivity index (χ1) is 6.65. The van der Waals surface area contributed by atoms with Crippen LogP contribution in [0, 0.1) is 0 Å². The number of thioether (sulfide) groups is 1. The molecule has 0 saturated carbocycles. The second-order valence-electron chi connectivity index (χ2n) is 2.96. The summed E-state index contributed by atoms with van der Waals surface area (Å²) in [5.41, 5.74) is 1.05. The van der Waals surface area contributed by atoms with Gasteiger partial charge in [0.1, 0.15) is 4.99 Å². The summed E-state index contributed by atoms with van der Waals surface area (Å²) >= 11 is 6.13. The van der Waals surface area contributed by atoms with Gasteiger partial charge in [-0.15, -0.1) is 0 Å². The molecule has 1 aliphatic heterocycles. The third-order valence-electron chi connectivity index (χ3n) is 1.79. The first-order valence-corrected chi connectivity index (χ1v) is 5.24. The van der Waals surface area contributed by atoms with Gasteiger partial charge in [-0.25, -0.2) is 0 Å². The largest absolute Gasteiger partial charge is 0.357 e. The van der Waals surface area contributed by atoms with E-state index in [4.69, 9.17) is 12.2 Å². The van der Waals surface area contributed by atoms with E-state index >= 15 is 0 Å². The number of aromatic nitrogens is 1. The molecule has 2 heterocycles. The Morgan fingerprint density at radius 2 is 2.43 bits per heavy atom. The highest BCUT2D eigenvalue weighted by Gasteiger charge is 2.21. The lowest BCUT2D eigenvalue weighted by Gasteiger charge is -1.91. The van der Waals surface area contributed by atoms with Crippen LogP contribution in [-0.4, -0.2) is 14.8 Å². The maximum Gasteiger partial charge on any atom is 0.289 e. The van der Waals surface area contributed by atoms with E-state index in [0.717, 1.165) is 22.2 Å². The molecule has 0 bridgehead atoms. The number of rotatable bonds is 1. The lowest BCUT2D eigenvalue weighted by Crippen LogP contribution is -2.15. The van der Waals surface area contributed by atoms with Crippen LogP contribution in [0.2, 0.25) is 0 Å². The van der Waals surface area contributed by atoms with Crippen LogP contribution in [-0.2, 0) is 7.05 Å². The number of hydrogen-bond donors (Lipinski definition) is 1. The molecule has 2 rings (SSSR count). The summed E-state index contributed by atoms with van der Waals surface area (Å²) in [4.78, 5) is 12.3. The molecule has 0 spiro atoms.